The van der Waals surface area contributed by atoms with Crippen LogP contribution in [0, 0.1) is 13.8 Å². The van der Waals surface area contributed by atoms with Crippen molar-refractivity contribution in [2.24, 2.45) is 0 Å². The number of rotatable bonds is 1. The van der Waals surface area contributed by atoms with Gasteiger partial charge in [-0.2, -0.15) is 5.10 Å². The highest BCUT2D eigenvalue weighted by molar-refractivity contribution is 14.1. The predicted octanol–water partition coefficient (Wildman–Crippen LogP) is 3.78. The molecule has 2 heterocycles. The molecular formula is C14H7IN4O2. The van der Waals surface area contributed by atoms with Gasteiger partial charge in [-0.15, -0.1) is 0 Å². The number of halogens is 1. The second-order valence-corrected chi connectivity index (χ2v) is 5.73. The minimum absolute atomic E-state index is 0.0221. The zero-order valence-electron chi connectivity index (χ0n) is 10.5. The number of hydrogen-bond donors (Lipinski definition) is 1. The number of nitrogens with one attached hydrogen (secondary N) is 1. The Morgan fingerprint density at radius 3 is 2.86 bits per heavy atom. The Morgan fingerprint density at radius 1 is 1.24 bits per heavy atom. The average Bonchev–Trinajstić information content (AvgIpc) is 2.87. The summed E-state index contributed by atoms with van der Waals surface area (Å²) in [5.41, 5.74) is 0.952. The molecule has 0 saturated heterocycles. The molecule has 4 rings (SSSR count). The van der Waals surface area contributed by atoms with E-state index in [1.54, 1.807) is 6.20 Å². The van der Waals surface area contributed by atoms with E-state index in [9.17, 15) is 10.1 Å². The van der Waals surface area contributed by atoms with Crippen LogP contribution in [0.3, 0.4) is 0 Å². The SMILES string of the molecule is O=[N+]([O-])c1cc2n[nH]c(I)c2c2c1ncc1ccccc12. The van der Waals surface area contributed by atoms with Gasteiger partial charge in [-0.3, -0.25) is 15.2 Å². The molecule has 4 aromatic rings. The average molecular weight is 390 g/mol. The molecule has 2 aromatic carbocycles. The Kier molecular flexibility index (Phi) is 2.58. The second kappa shape index (κ2) is 4.35. The number of nitrogens with zero attached hydrogens (tertiary/aromatic N) is 3. The summed E-state index contributed by atoms with van der Waals surface area (Å²) in [6.07, 6.45) is 1.67. The first-order valence-corrected chi connectivity index (χ1v) is 7.23. The van der Waals surface area contributed by atoms with Crippen LogP contribution in [-0.2, 0) is 0 Å². The third-order valence-corrected chi connectivity index (χ3v) is 4.29. The van der Waals surface area contributed by atoms with Crippen LogP contribution in [0.15, 0.2) is 36.5 Å². The lowest BCUT2D eigenvalue weighted by molar-refractivity contribution is -0.383. The number of H-pyrrole nitrogens is 1. The van der Waals surface area contributed by atoms with E-state index in [-0.39, 0.29) is 5.69 Å². The number of hydrogen-bond acceptors (Lipinski definition) is 4. The molecule has 1 N–H and O–H groups in total. The normalized spacial score (nSPS) is 11.5. The van der Waals surface area contributed by atoms with Crippen molar-refractivity contribution in [2.45, 2.75) is 0 Å². The first kappa shape index (κ1) is 12.5. The lowest BCUT2D eigenvalue weighted by Gasteiger charge is -2.05. The van der Waals surface area contributed by atoms with Crippen LogP contribution in [0.25, 0.3) is 32.6 Å². The van der Waals surface area contributed by atoms with Gasteiger partial charge in [0.25, 0.3) is 5.69 Å². The summed E-state index contributed by atoms with van der Waals surface area (Å²) < 4.78 is 0.848. The Hall–Kier alpha value is -2.29. The van der Waals surface area contributed by atoms with Crippen LogP contribution in [-0.4, -0.2) is 20.1 Å². The molecule has 2 aromatic heterocycles. The van der Waals surface area contributed by atoms with Crippen LogP contribution in [0.1, 0.15) is 0 Å². The monoisotopic (exact) mass is 390 g/mol. The molecule has 0 fully saturated rings. The molecule has 0 radical (unpaired) electrons. The van der Waals surface area contributed by atoms with Crippen LogP contribution < -0.4 is 0 Å². The highest BCUT2D eigenvalue weighted by Gasteiger charge is 2.21. The van der Waals surface area contributed by atoms with E-state index >= 15 is 0 Å². The Balaban J connectivity index is 2.40. The summed E-state index contributed by atoms with van der Waals surface area (Å²) in [4.78, 5) is 15.2. The molecule has 0 unspecified atom stereocenters. The number of aromatic amines is 1. The van der Waals surface area contributed by atoms with Crippen molar-refractivity contribution >= 4 is 60.9 Å². The smallest absolute Gasteiger partial charge is 0.271 e. The topological polar surface area (TPSA) is 84.7 Å². The van der Waals surface area contributed by atoms with Gasteiger partial charge in [0.1, 0.15) is 14.7 Å². The van der Waals surface area contributed by atoms with Gasteiger partial charge in [0.15, 0.2) is 0 Å². The molecule has 0 atom stereocenters. The van der Waals surface area contributed by atoms with Gasteiger partial charge in [-0.05, 0) is 28.0 Å². The summed E-state index contributed by atoms with van der Waals surface area (Å²) >= 11 is 2.15. The zero-order chi connectivity index (χ0) is 14.6. The maximum atomic E-state index is 11.3. The molecule has 102 valence electrons. The van der Waals surface area contributed by atoms with Crippen molar-refractivity contribution < 1.29 is 4.92 Å². The predicted molar refractivity (Wildman–Crippen MR) is 88.3 cm³/mol. The van der Waals surface area contributed by atoms with Gasteiger partial charge in [0.2, 0.25) is 0 Å². The van der Waals surface area contributed by atoms with Crippen LogP contribution in [0.5, 0.6) is 0 Å². The van der Waals surface area contributed by atoms with Crippen molar-refractivity contribution in [3.8, 4) is 0 Å². The number of pyridine rings is 1. The summed E-state index contributed by atoms with van der Waals surface area (Å²) in [5.74, 6) is 0. The number of nitro benzene ring substituents is 1. The van der Waals surface area contributed by atoms with Crippen LogP contribution in [0.4, 0.5) is 5.69 Å². The third-order valence-electron chi connectivity index (χ3n) is 3.51. The Morgan fingerprint density at radius 2 is 2.05 bits per heavy atom. The van der Waals surface area contributed by atoms with Crippen LogP contribution in [0.2, 0.25) is 0 Å². The molecule has 0 spiro atoms. The molecule has 0 aliphatic heterocycles. The second-order valence-electron chi connectivity index (χ2n) is 4.65. The number of fused-ring (bicyclic) bond motifs is 5. The summed E-state index contributed by atoms with van der Waals surface area (Å²) in [7, 11) is 0. The lowest BCUT2D eigenvalue weighted by atomic mass is 10.0. The maximum Gasteiger partial charge on any atom is 0.297 e. The molecule has 0 saturated carbocycles. The van der Waals surface area contributed by atoms with E-state index in [4.69, 9.17) is 0 Å². The zero-order valence-corrected chi connectivity index (χ0v) is 12.7. The maximum absolute atomic E-state index is 11.3. The van der Waals surface area contributed by atoms with E-state index in [1.807, 2.05) is 24.3 Å². The van der Waals surface area contributed by atoms with E-state index in [2.05, 4.69) is 37.8 Å². The minimum Gasteiger partial charge on any atom is -0.271 e. The summed E-state index contributed by atoms with van der Waals surface area (Å²) in [6, 6.07) is 9.20. The van der Waals surface area contributed by atoms with Crippen LogP contribution >= 0.6 is 22.6 Å². The minimum atomic E-state index is -0.412. The first-order valence-electron chi connectivity index (χ1n) is 6.15. The van der Waals surface area contributed by atoms with E-state index in [0.29, 0.717) is 11.0 Å². The Bertz CT molecular complexity index is 1040. The third kappa shape index (κ3) is 1.70. The van der Waals surface area contributed by atoms with E-state index < -0.39 is 4.92 Å². The van der Waals surface area contributed by atoms with Gasteiger partial charge in [0, 0.05) is 28.4 Å². The number of nitro groups is 1. The molecular weight excluding hydrogens is 383 g/mol. The first-order chi connectivity index (χ1) is 10.2. The van der Waals surface area contributed by atoms with E-state index in [0.717, 1.165) is 25.2 Å². The molecule has 0 aliphatic carbocycles. The summed E-state index contributed by atoms with van der Waals surface area (Å²) in [5, 5.41) is 21.9. The van der Waals surface area contributed by atoms with Gasteiger partial charge in [0.05, 0.1) is 4.92 Å². The fourth-order valence-electron chi connectivity index (χ4n) is 2.62. The highest BCUT2D eigenvalue weighted by Crippen LogP contribution is 2.37. The fourth-order valence-corrected chi connectivity index (χ4v) is 3.29. The molecule has 21 heavy (non-hydrogen) atoms. The van der Waals surface area contributed by atoms with E-state index in [1.165, 1.54) is 6.07 Å². The molecule has 7 heteroatoms. The molecule has 0 bridgehead atoms. The Labute approximate surface area is 131 Å². The number of aromatic nitrogens is 3. The van der Waals surface area contributed by atoms with Crippen molar-refractivity contribution in [3.63, 3.8) is 0 Å². The quantitative estimate of drug-likeness (QED) is 0.232. The van der Waals surface area contributed by atoms with Crippen molar-refractivity contribution in [1.29, 1.82) is 0 Å². The van der Waals surface area contributed by atoms with Gasteiger partial charge in [-0.25, -0.2) is 4.98 Å². The lowest BCUT2D eigenvalue weighted by Crippen LogP contribution is -1.93. The van der Waals surface area contributed by atoms with Gasteiger partial charge in [-0.1, -0.05) is 24.3 Å². The summed E-state index contributed by atoms with van der Waals surface area (Å²) in [6.45, 7) is 0. The highest BCUT2D eigenvalue weighted by atomic mass is 127. The number of benzene rings is 2. The molecule has 0 aliphatic rings. The molecule has 0 amide bonds. The fraction of sp³-hybridized carbons (Fsp3) is 0. The van der Waals surface area contributed by atoms with Gasteiger partial charge >= 0.3 is 0 Å². The van der Waals surface area contributed by atoms with Gasteiger partial charge < -0.3 is 0 Å². The number of non-ortho nitro benzene ring substituents is 1. The molecule has 6 nitrogen and oxygen atoms in total. The van der Waals surface area contributed by atoms with Crippen molar-refractivity contribution in [2.75, 3.05) is 0 Å². The van der Waals surface area contributed by atoms with Crippen molar-refractivity contribution in [3.05, 3.63) is 50.3 Å². The standard InChI is InChI=1S/C14H7IN4O2/c15-14-12-9(17-18-14)5-10(19(20)21)13-11(12)8-4-2-1-3-7(8)6-16-13/h1-6H,(H,17,18). The largest absolute Gasteiger partial charge is 0.297 e. The van der Waals surface area contributed by atoms with Crippen molar-refractivity contribution in [1.82, 2.24) is 15.2 Å².